The zero-order chi connectivity index (χ0) is 26.5. The molecule has 1 N–H and O–H groups in total. The first-order chi connectivity index (χ1) is 17.8. The van der Waals surface area contributed by atoms with Crippen molar-refractivity contribution in [3.8, 4) is 0 Å². The summed E-state index contributed by atoms with van der Waals surface area (Å²) in [5.74, 6) is -1.62. The predicted molar refractivity (Wildman–Crippen MR) is 143 cm³/mol. The number of rotatable bonds is 9. The van der Waals surface area contributed by atoms with Gasteiger partial charge < -0.3 is 10.2 Å². The summed E-state index contributed by atoms with van der Waals surface area (Å²) in [6.45, 7) is 1.92. The van der Waals surface area contributed by atoms with E-state index in [4.69, 9.17) is 23.2 Å². The van der Waals surface area contributed by atoms with Gasteiger partial charge in [0.1, 0.15) is 6.04 Å². The second kappa shape index (κ2) is 12.4. The van der Waals surface area contributed by atoms with Crippen molar-refractivity contribution in [3.05, 3.63) is 46.0 Å². The Kier molecular flexibility index (Phi) is 9.30. The van der Waals surface area contributed by atoms with E-state index >= 15 is 0 Å². The molecule has 1 aliphatic heterocycles. The van der Waals surface area contributed by atoms with E-state index in [0.29, 0.717) is 34.9 Å². The van der Waals surface area contributed by atoms with Crippen LogP contribution in [0.25, 0.3) is 0 Å². The molecule has 0 radical (unpaired) electrons. The van der Waals surface area contributed by atoms with Crippen LogP contribution in [0.3, 0.4) is 0 Å². The summed E-state index contributed by atoms with van der Waals surface area (Å²) in [5, 5.41) is 3.96. The van der Waals surface area contributed by atoms with Gasteiger partial charge >= 0.3 is 0 Å². The molecule has 1 aromatic carbocycles. The van der Waals surface area contributed by atoms with Crippen molar-refractivity contribution in [3.63, 3.8) is 0 Å². The molecule has 1 saturated carbocycles. The lowest BCUT2D eigenvalue weighted by Crippen LogP contribution is -2.52. The van der Waals surface area contributed by atoms with Gasteiger partial charge in [0.05, 0.1) is 11.8 Å². The number of amides is 4. The predicted octanol–water partition coefficient (Wildman–Crippen LogP) is 4.89. The van der Waals surface area contributed by atoms with Crippen molar-refractivity contribution in [1.82, 2.24) is 15.1 Å². The van der Waals surface area contributed by atoms with Crippen LogP contribution in [-0.4, -0.2) is 52.1 Å². The number of carbonyl (C=O) groups excluding carboxylic acids is 4. The lowest BCUT2D eigenvalue weighted by atomic mass is 9.85. The second-order valence-electron chi connectivity index (χ2n) is 10.2. The minimum atomic E-state index is -0.724. The normalized spacial score (nSPS) is 22.6. The van der Waals surface area contributed by atoms with E-state index in [1.807, 2.05) is 19.1 Å². The van der Waals surface area contributed by atoms with Crippen LogP contribution < -0.4 is 5.32 Å². The van der Waals surface area contributed by atoms with Gasteiger partial charge in [-0.25, -0.2) is 0 Å². The summed E-state index contributed by atoms with van der Waals surface area (Å²) < 4.78 is 0. The number of nitrogens with zero attached hydrogens (tertiary/aromatic N) is 2. The molecule has 4 rings (SSSR count). The molecular weight excluding hydrogens is 513 g/mol. The highest BCUT2D eigenvalue weighted by molar-refractivity contribution is 6.36. The Hall–Kier alpha value is -2.38. The lowest BCUT2D eigenvalue weighted by molar-refractivity contribution is -0.144. The van der Waals surface area contributed by atoms with Gasteiger partial charge in [0.15, 0.2) is 0 Å². The Labute approximate surface area is 228 Å². The van der Waals surface area contributed by atoms with Crippen LogP contribution in [0.2, 0.25) is 10.0 Å². The maximum absolute atomic E-state index is 13.6. The zero-order valence-corrected chi connectivity index (χ0v) is 22.8. The number of hydrogen-bond donors (Lipinski definition) is 1. The Morgan fingerprint density at radius 2 is 1.62 bits per heavy atom. The van der Waals surface area contributed by atoms with Crippen molar-refractivity contribution < 1.29 is 19.2 Å². The van der Waals surface area contributed by atoms with Gasteiger partial charge in [-0.05, 0) is 44.2 Å². The Morgan fingerprint density at radius 3 is 2.19 bits per heavy atom. The number of allylic oxidation sites excluding steroid dienone is 2. The summed E-state index contributed by atoms with van der Waals surface area (Å²) in [7, 11) is 0. The average Bonchev–Trinajstić information content (AvgIpc) is 3.14. The van der Waals surface area contributed by atoms with E-state index in [1.165, 1.54) is 16.2 Å². The molecule has 1 heterocycles. The first-order valence-corrected chi connectivity index (χ1v) is 14.1. The molecule has 37 heavy (non-hydrogen) atoms. The van der Waals surface area contributed by atoms with E-state index in [1.54, 1.807) is 18.2 Å². The number of halogens is 2. The summed E-state index contributed by atoms with van der Waals surface area (Å²) in [4.78, 5) is 55.5. The molecule has 3 aliphatic rings. The van der Waals surface area contributed by atoms with E-state index < -0.39 is 6.04 Å². The summed E-state index contributed by atoms with van der Waals surface area (Å²) >= 11 is 12.8. The van der Waals surface area contributed by atoms with E-state index in [0.717, 1.165) is 25.7 Å². The Bertz CT molecular complexity index is 1020. The van der Waals surface area contributed by atoms with Gasteiger partial charge in [0.25, 0.3) is 0 Å². The van der Waals surface area contributed by atoms with Crippen LogP contribution in [0.15, 0.2) is 30.4 Å². The molecule has 0 aromatic heterocycles. The van der Waals surface area contributed by atoms with Gasteiger partial charge in [0.2, 0.25) is 23.6 Å². The third kappa shape index (κ3) is 6.20. The molecular formula is C28H35Cl2N3O4. The standard InChI is InChI=1S/C28H35Cl2N3O4/c1-2-24(26(35)31-18-9-4-3-5-10-18)33(17-21-22(29)13-8-14-23(21)30)25(34)15-16-32-27(36)19-11-6-7-12-20(19)28(32)37/h6-8,13-14,18-20,24H,2-5,9-12,15-17H2,1H3,(H,31,35)/t19-,20+,24-/m0/s1. The first-order valence-electron chi connectivity index (χ1n) is 13.3. The SMILES string of the molecule is CC[C@@H](C(=O)NC1CCCCC1)N(Cc1c(Cl)cccc1Cl)C(=O)CCN1C(=O)[C@H]2CC=CC[C@H]2C1=O. The zero-order valence-electron chi connectivity index (χ0n) is 21.3. The van der Waals surface area contributed by atoms with Crippen LogP contribution in [0.5, 0.6) is 0 Å². The molecule has 3 atom stereocenters. The summed E-state index contributed by atoms with van der Waals surface area (Å²) in [6, 6.07) is 4.51. The third-order valence-electron chi connectivity index (χ3n) is 7.88. The molecule has 4 amide bonds. The quantitative estimate of drug-likeness (QED) is 0.352. The number of benzene rings is 1. The largest absolute Gasteiger partial charge is 0.352 e. The van der Waals surface area contributed by atoms with Gasteiger partial charge in [-0.1, -0.05) is 67.6 Å². The fourth-order valence-electron chi connectivity index (χ4n) is 5.76. The van der Waals surface area contributed by atoms with Crippen molar-refractivity contribution in [2.75, 3.05) is 6.54 Å². The molecule has 200 valence electrons. The van der Waals surface area contributed by atoms with Crippen molar-refractivity contribution in [1.29, 1.82) is 0 Å². The molecule has 0 unspecified atom stereocenters. The number of carbonyl (C=O) groups is 4. The molecule has 9 heteroatoms. The summed E-state index contributed by atoms with van der Waals surface area (Å²) in [5.41, 5.74) is 0.563. The fraction of sp³-hybridized carbons (Fsp3) is 0.571. The first kappa shape index (κ1) is 27.6. The number of imide groups is 1. The molecule has 1 saturated heterocycles. The van der Waals surface area contributed by atoms with E-state index in [9.17, 15) is 19.2 Å². The molecule has 7 nitrogen and oxygen atoms in total. The number of likely N-dealkylation sites (tertiary alicyclic amines) is 1. The van der Waals surface area contributed by atoms with Crippen LogP contribution in [0.1, 0.15) is 70.3 Å². The minimum Gasteiger partial charge on any atom is -0.352 e. The number of nitrogens with one attached hydrogen (secondary N) is 1. The molecule has 0 bridgehead atoms. The second-order valence-corrected chi connectivity index (χ2v) is 11.0. The topological polar surface area (TPSA) is 86.8 Å². The summed E-state index contributed by atoms with van der Waals surface area (Å²) in [6.07, 6.45) is 10.5. The van der Waals surface area contributed by atoms with Crippen molar-refractivity contribution in [2.24, 2.45) is 11.8 Å². The number of hydrogen-bond acceptors (Lipinski definition) is 4. The highest BCUT2D eigenvalue weighted by Gasteiger charge is 2.47. The van der Waals surface area contributed by atoms with Gasteiger partial charge in [-0.15, -0.1) is 0 Å². The van der Waals surface area contributed by atoms with Crippen LogP contribution in [0, 0.1) is 11.8 Å². The van der Waals surface area contributed by atoms with Gasteiger partial charge in [-0.2, -0.15) is 0 Å². The third-order valence-corrected chi connectivity index (χ3v) is 8.58. The Morgan fingerprint density at radius 1 is 1.03 bits per heavy atom. The lowest BCUT2D eigenvalue weighted by Gasteiger charge is -2.33. The minimum absolute atomic E-state index is 0.00304. The van der Waals surface area contributed by atoms with Crippen molar-refractivity contribution >= 4 is 46.8 Å². The van der Waals surface area contributed by atoms with Crippen LogP contribution >= 0.6 is 23.2 Å². The monoisotopic (exact) mass is 547 g/mol. The highest BCUT2D eigenvalue weighted by atomic mass is 35.5. The number of fused-ring (bicyclic) bond motifs is 1. The Balaban J connectivity index is 1.51. The van der Waals surface area contributed by atoms with E-state index in [2.05, 4.69) is 5.32 Å². The molecule has 1 aromatic rings. The molecule has 0 spiro atoms. The molecule has 2 aliphatic carbocycles. The van der Waals surface area contributed by atoms with Crippen molar-refractivity contribution in [2.45, 2.75) is 83.3 Å². The highest BCUT2D eigenvalue weighted by Crippen LogP contribution is 2.35. The fourth-order valence-corrected chi connectivity index (χ4v) is 6.27. The smallest absolute Gasteiger partial charge is 0.243 e. The maximum Gasteiger partial charge on any atom is 0.243 e. The van der Waals surface area contributed by atoms with Crippen LogP contribution in [0.4, 0.5) is 0 Å². The van der Waals surface area contributed by atoms with Crippen LogP contribution in [-0.2, 0) is 25.7 Å². The average molecular weight is 549 g/mol. The molecule has 2 fully saturated rings. The maximum atomic E-state index is 13.6. The van der Waals surface area contributed by atoms with Gasteiger partial charge in [-0.3, -0.25) is 24.1 Å². The van der Waals surface area contributed by atoms with Gasteiger partial charge in [0, 0.05) is 41.2 Å². The van der Waals surface area contributed by atoms with E-state index in [-0.39, 0.29) is 61.0 Å².